The van der Waals surface area contributed by atoms with Gasteiger partial charge < -0.3 is 0 Å². The van der Waals surface area contributed by atoms with Crippen LogP contribution in [0, 0.1) is 0 Å². The van der Waals surface area contributed by atoms with Crippen molar-refractivity contribution >= 4 is 11.6 Å². The number of benzene rings is 2. The Hall–Kier alpha value is -1.31. The molecule has 0 radical (unpaired) electrons. The molecule has 0 heterocycles. The molecule has 2 rings (SSSR count). The fraction of sp³-hybridized carbons (Fsp3) is 0.333. The molecule has 1 nitrogen and oxygen atoms in total. The fourth-order valence-electron chi connectivity index (χ4n) is 2.47. The fourth-order valence-corrected chi connectivity index (χ4v) is 2.68. The van der Waals surface area contributed by atoms with Gasteiger partial charge in [-0.15, -0.1) is 11.6 Å². The predicted octanol–water partition coefficient (Wildman–Crippen LogP) is 4.36. The molecule has 0 N–H and O–H groups in total. The smallest absolute Gasteiger partial charge is 0.0351 e. The molecule has 0 bridgehead atoms. The summed E-state index contributed by atoms with van der Waals surface area (Å²) in [6.07, 6.45) is 1.06. The highest BCUT2D eigenvalue weighted by Crippen LogP contribution is 2.13. The summed E-state index contributed by atoms with van der Waals surface area (Å²) in [7, 11) is 0. The molecular formula is C18H22ClN. The second-order valence-corrected chi connectivity index (χ2v) is 5.56. The van der Waals surface area contributed by atoms with Gasteiger partial charge in [-0.2, -0.15) is 0 Å². The summed E-state index contributed by atoms with van der Waals surface area (Å²) >= 11 is 5.97. The monoisotopic (exact) mass is 287 g/mol. The number of halogens is 1. The minimum atomic E-state index is 0.483. The summed E-state index contributed by atoms with van der Waals surface area (Å²) < 4.78 is 0. The van der Waals surface area contributed by atoms with E-state index in [-0.39, 0.29) is 0 Å². The van der Waals surface area contributed by atoms with Crippen LogP contribution in [-0.4, -0.2) is 23.4 Å². The first-order chi connectivity index (χ1) is 9.79. The van der Waals surface area contributed by atoms with Gasteiger partial charge in [0.1, 0.15) is 0 Å². The maximum atomic E-state index is 5.97. The van der Waals surface area contributed by atoms with Gasteiger partial charge in [-0.25, -0.2) is 0 Å². The van der Waals surface area contributed by atoms with Crippen LogP contribution in [0.25, 0.3) is 0 Å². The van der Waals surface area contributed by atoms with Crippen molar-refractivity contribution in [3.05, 3.63) is 71.8 Å². The van der Waals surface area contributed by atoms with E-state index in [1.54, 1.807) is 0 Å². The van der Waals surface area contributed by atoms with Crippen molar-refractivity contribution in [2.45, 2.75) is 25.9 Å². The summed E-state index contributed by atoms with van der Waals surface area (Å²) in [5.74, 6) is 0.673. The van der Waals surface area contributed by atoms with Crippen molar-refractivity contribution in [3.8, 4) is 0 Å². The van der Waals surface area contributed by atoms with E-state index in [0.717, 1.165) is 19.5 Å². The highest BCUT2D eigenvalue weighted by atomic mass is 35.5. The van der Waals surface area contributed by atoms with Crippen molar-refractivity contribution in [1.82, 2.24) is 4.90 Å². The SMILES string of the molecule is CC(Cc1ccccc1)N(CCCl)Cc1ccccc1. The average Bonchev–Trinajstić information content (AvgIpc) is 2.49. The molecule has 0 aliphatic carbocycles. The molecule has 2 heteroatoms. The Kier molecular flexibility index (Phi) is 6.10. The van der Waals surface area contributed by atoms with Gasteiger partial charge in [0, 0.05) is 25.0 Å². The minimum Gasteiger partial charge on any atom is -0.295 e. The Morgan fingerprint density at radius 1 is 0.900 bits per heavy atom. The highest BCUT2D eigenvalue weighted by Gasteiger charge is 2.14. The average molecular weight is 288 g/mol. The number of alkyl halides is 1. The normalized spacial score (nSPS) is 12.6. The number of hydrogen-bond acceptors (Lipinski definition) is 1. The summed E-state index contributed by atoms with van der Waals surface area (Å²) in [4.78, 5) is 2.45. The van der Waals surface area contributed by atoms with E-state index in [9.17, 15) is 0 Å². The lowest BCUT2D eigenvalue weighted by Gasteiger charge is -2.28. The maximum absolute atomic E-state index is 5.97. The Labute approximate surface area is 127 Å². The van der Waals surface area contributed by atoms with Crippen LogP contribution in [0.4, 0.5) is 0 Å². The lowest BCUT2D eigenvalue weighted by atomic mass is 10.1. The van der Waals surface area contributed by atoms with E-state index < -0.39 is 0 Å². The molecule has 0 amide bonds. The second kappa shape index (κ2) is 8.08. The van der Waals surface area contributed by atoms with Gasteiger partial charge in [0.05, 0.1) is 0 Å². The molecule has 0 saturated heterocycles. The van der Waals surface area contributed by atoms with Gasteiger partial charge in [-0.05, 0) is 24.5 Å². The molecule has 2 aromatic carbocycles. The topological polar surface area (TPSA) is 3.24 Å². The van der Waals surface area contributed by atoms with Gasteiger partial charge in [0.25, 0.3) is 0 Å². The van der Waals surface area contributed by atoms with Crippen molar-refractivity contribution in [3.63, 3.8) is 0 Å². The van der Waals surface area contributed by atoms with Crippen LogP contribution in [0.3, 0.4) is 0 Å². The zero-order valence-electron chi connectivity index (χ0n) is 12.0. The van der Waals surface area contributed by atoms with Crippen molar-refractivity contribution in [1.29, 1.82) is 0 Å². The van der Waals surface area contributed by atoms with Crippen LogP contribution >= 0.6 is 11.6 Å². The lowest BCUT2D eigenvalue weighted by Crippen LogP contribution is -2.35. The minimum absolute atomic E-state index is 0.483. The quantitative estimate of drug-likeness (QED) is 0.684. The van der Waals surface area contributed by atoms with Crippen LogP contribution in [0.15, 0.2) is 60.7 Å². The molecule has 0 saturated carbocycles. The standard InChI is InChI=1S/C18H22ClN/c1-16(14-17-8-4-2-5-9-17)20(13-12-19)15-18-10-6-3-7-11-18/h2-11,16H,12-15H2,1H3. The van der Waals surface area contributed by atoms with Crippen LogP contribution in [0.1, 0.15) is 18.1 Å². The molecule has 0 spiro atoms. The highest BCUT2D eigenvalue weighted by molar-refractivity contribution is 6.18. The van der Waals surface area contributed by atoms with Gasteiger partial charge in [0.15, 0.2) is 0 Å². The third-order valence-electron chi connectivity index (χ3n) is 3.60. The Morgan fingerprint density at radius 3 is 2.00 bits per heavy atom. The third kappa shape index (κ3) is 4.66. The second-order valence-electron chi connectivity index (χ2n) is 5.18. The number of hydrogen-bond donors (Lipinski definition) is 0. The molecular weight excluding hydrogens is 266 g/mol. The Morgan fingerprint density at radius 2 is 1.45 bits per heavy atom. The zero-order valence-corrected chi connectivity index (χ0v) is 12.8. The summed E-state index contributed by atoms with van der Waals surface area (Å²) in [5, 5.41) is 0. The first-order valence-corrected chi connectivity index (χ1v) is 7.71. The van der Waals surface area contributed by atoms with Gasteiger partial charge >= 0.3 is 0 Å². The molecule has 106 valence electrons. The molecule has 0 aromatic heterocycles. The zero-order chi connectivity index (χ0) is 14.2. The maximum Gasteiger partial charge on any atom is 0.0351 e. The molecule has 0 fully saturated rings. The van der Waals surface area contributed by atoms with E-state index in [4.69, 9.17) is 11.6 Å². The lowest BCUT2D eigenvalue weighted by molar-refractivity contribution is 0.211. The Bertz CT molecular complexity index is 483. The third-order valence-corrected chi connectivity index (χ3v) is 3.77. The molecule has 2 aromatic rings. The van der Waals surface area contributed by atoms with Gasteiger partial charge in [-0.1, -0.05) is 60.7 Å². The van der Waals surface area contributed by atoms with Crippen LogP contribution in [0.5, 0.6) is 0 Å². The van der Waals surface area contributed by atoms with E-state index in [1.165, 1.54) is 11.1 Å². The molecule has 0 aliphatic heterocycles. The van der Waals surface area contributed by atoms with E-state index in [1.807, 2.05) is 0 Å². The van der Waals surface area contributed by atoms with E-state index in [0.29, 0.717) is 11.9 Å². The first kappa shape index (κ1) is 15.1. The van der Waals surface area contributed by atoms with Crippen molar-refractivity contribution in [2.75, 3.05) is 12.4 Å². The first-order valence-electron chi connectivity index (χ1n) is 7.17. The van der Waals surface area contributed by atoms with Crippen molar-refractivity contribution in [2.24, 2.45) is 0 Å². The largest absolute Gasteiger partial charge is 0.295 e. The summed E-state index contributed by atoms with van der Waals surface area (Å²) in [6, 6.07) is 21.7. The van der Waals surface area contributed by atoms with Gasteiger partial charge in [-0.3, -0.25) is 4.90 Å². The van der Waals surface area contributed by atoms with Gasteiger partial charge in [0.2, 0.25) is 0 Å². The number of nitrogens with zero attached hydrogens (tertiary/aromatic N) is 1. The Balaban J connectivity index is 2.00. The van der Waals surface area contributed by atoms with Crippen LogP contribution in [-0.2, 0) is 13.0 Å². The van der Waals surface area contributed by atoms with Crippen LogP contribution < -0.4 is 0 Å². The summed E-state index contributed by atoms with van der Waals surface area (Å²) in [5.41, 5.74) is 2.73. The molecule has 1 atom stereocenters. The molecule has 0 aliphatic rings. The van der Waals surface area contributed by atoms with Crippen LogP contribution in [0.2, 0.25) is 0 Å². The van der Waals surface area contributed by atoms with Crippen molar-refractivity contribution < 1.29 is 0 Å². The number of rotatable bonds is 7. The molecule has 1 unspecified atom stereocenters. The van der Waals surface area contributed by atoms with E-state index >= 15 is 0 Å². The summed E-state index contributed by atoms with van der Waals surface area (Å²) in [6.45, 7) is 4.16. The predicted molar refractivity (Wildman–Crippen MR) is 87.2 cm³/mol. The van der Waals surface area contributed by atoms with E-state index in [2.05, 4.69) is 72.5 Å². The molecule has 20 heavy (non-hydrogen) atoms.